The summed E-state index contributed by atoms with van der Waals surface area (Å²) in [5, 5.41) is 0. The summed E-state index contributed by atoms with van der Waals surface area (Å²) in [5.41, 5.74) is 3.66. The lowest BCUT2D eigenvalue weighted by atomic mass is 9.77. The van der Waals surface area contributed by atoms with E-state index in [4.69, 9.17) is 4.74 Å². The second kappa shape index (κ2) is 11.8. The van der Waals surface area contributed by atoms with E-state index < -0.39 is 11.6 Å². The first kappa shape index (κ1) is 25.3. The van der Waals surface area contributed by atoms with E-state index in [0.717, 1.165) is 48.3 Å². The van der Waals surface area contributed by atoms with Gasteiger partial charge in [0.25, 0.3) is 0 Å². The van der Waals surface area contributed by atoms with E-state index in [-0.39, 0.29) is 17.5 Å². The molecule has 0 spiro atoms. The zero-order chi connectivity index (χ0) is 24.8. The molecule has 1 aliphatic rings. The van der Waals surface area contributed by atoms with Crippen LogP contribution in [0.5, 0.6) is 5.75 Å². The Balaban J connectivity index is 1.38. The summed E-state index contributed by atoms with van der Waals surface area (Å²) in [6, 6.07) is 16.3. The number of rotatable bonds is 9. The van der Waals surface area contributed by atoms with Gasteiger partial charge in [0.05, 0.1) is 6.61 Å². The SMILES string of the molecule is CCCC1CCC(c2ccc(CCc3ccc(-c4ccc(OCC)c(F)c4)cc3)c(F)c2F)CC1. The van der Waals surface area contributed by atoms with Gasteiger partial charge in [-0.05, 0) is 97.2 Å². The molecule has 186 valence electrons. The standard InChI is InChI=1S/C31H35F3O/c1-3-5-21-8-13-24(14-9-21)27-18-16-25(30(33)31(27)34)15-10-22-6-11-23(12-7-22)26-17-19-29(35-4-2)28(32)20-26/h6-7,11-12,16-21,24H,3-5,8-10,13-15H2,1-2H3. The predicted octanol–water partition coefficient (Wildman–Crippen LogP) is 9.03. The van der Waals surface area contributed by atoms with Gasteiger partial charge >= 0.3 is 0 Å². The molecule has 3 aromatic carbocycles. The van der Waals surface area contributed by atoms with E-state index in [9.17, 15) is 13.2 Å². The molecule has 0 aliphatic heterocycles. The zero-order valence-corrected chi connectivity index (χ0v) is 20.8. The molecule has 1 aliphatic carbocycles. The fourth-order valence-corrected chi connectivity index (χ4v) is 5.38. The van der Waals surface area contributed by atoms with Crippen molar-refractivity contribution in [1.82, 2.24) is 0 Å². The normalized spacial score (nSPS) is 18.0. The van der Waals surface area contributed by atoms with Crippen LogP contribution >= 0.6 is 0 Å². The van der Waals surface area contributed by atoms with Gasteiger partial charge in [0.15, 0.2) is 23.2 Å². The minimum Gasteiger partial charge on any atom is -0.491 e. The maximum Gasteiger partial charge on any atom is 0.165 e. The summed E-state index contributed by atoms with van der Waals surface area (Å²) in [5.74, 6) is -0.621. The highest BCUT2D eigenvalue weighted by molar-refractivity contribution is 5.64. The monoisotopic (exact) mass is 480 g/mol. The summed E-state index contributed by atoms with van der Waals surface area (Å²) < 4.78 is 49.3. The Kier molecular flexibility index (Phi) is 8.54. The highest BCUT2D eigenvalue weighted by Crippen LogP contribution is 2.39. The van der Waals surface area contributed by atoms with E-state index in [1.54, 1.807) is 12.1 Å². The van der Waals surface area contributed by atoms with Crippen molar-refractivity contribution in [1.29, 1.82) is 0 Å². The Labute approximate surface area is 207 Å². The maximum atomic E-state index is 15.0. The summed E-state index contributed by atoms with van der Waals surface area (Å²) in [6.45, 7) is 4.44. The minimum atomic E-state index is -0.695. The van der Waals surface area contributed by atoms with E-state index in [1.165, 1.54) is 18.9 Å². The third-order valence-corrected chi connectivity index (χ3v) is 7.38. The fraction of sp³-hybridized carbons (Fsp3) is 0.419. The van der Waals surface area contributed by atoms with Crippen molar-refractivity contribution < 1.29 is 17.9 Å². The van der Waals surface area contributed by atoms with Gasteiger partial charge in [0.1, 0.15) is 0 Å². The van der Waals surface area contributed by atoms with Crippen LogP contribution in [0.15, 0.2) is 54.6 Å². The second-order valence-corrected chi connectivity index (χ2v) is 9.72. The molecule has 0 amide bonds. The summed E-state index contributed by atoms with van der Waals surface area (Å²) in [7, 11) is 0. The lowest BCUT2D eigenvalue weighted by molar-refractivity contribution is 0.302. The van der Waals surface area contributed by atoms with Crippen molar-refractivity contribution in [2.24, 2.45) is 5.92 Å². The van der Waals surface area contributed by atoms with E-state index in [1.807, 2.05) is 43.3 Å². The third-order valence-electron chi connectivity index (χ3n) is 7.38. The second-order valence-electron chi connectivity index (χ2n) is 9.72. The molecule has 0 atom stereocenters. The molecule has 35 heavy (non-hydrogen) atoms. The highest BCUT2D eigenvalue weighted by Gasteiger charge is 2.26. The van der Waals surface area contributed by atoms with Gasteiger partial charge in [-0.2, -0.15) is 0 Å². The van der Waals surface area contributed by atoms with Crippen molar-refractivity contribution in [3.8, 4) is 16.9 Å². The number of ether oxygens (including phenoxy) is 1. The molecular weight excluding hydrogens is 445 g/mol. The van der Waals surface area contributed by atoms with Crippen molar-refractivity contribution in [3.63, 3.8) is 0 Å². The molecule has 3 aromatic rings. The third kappa shape index (κ3) is 6.09. The molecule has 0 saturated heterocycles. The first-order chi connectivity index (χ1) is 17.0. The molecule has 0 N–H and O–H groups in total. The van der Waals surface area contributed by atoms with Gasteiger partial charge in [0.2, 0.25) is 0 Å². The molecule has 1 fully saturated rings. The molecule has 4 rings (SSSR count). The van der Waals surface area contributed by atoms with E-state index in [0.29, 0.717) is 30.6 Å². The van der Waals surface area contributed by atoms with Crippen LogP contribution in [0, 0.1) is 23.4 Å². The first-order valence-electron chi connectivity index (χ1n) is 13.0. The number of hydrogen-bond acceptors (Lipinski definition) is 1. The van der Waals surface area contributed by atoms with Gasteiger partial charge < -0.3 is 4.74 Å². The largest absolute Gasteiger partial charge is 0.491 e. The van der Waals surface area contributed by atoms with Crippen molar-refractivity contribution in [3.05, 3.63) is 88.7 Å². The van der Waals surface area contributed by atoms with Gasteiger partial charge in [-0.25, -0.2) is 13.2 Å². The van der Waals surface area contributed by atoms with E-state index in [2.05, 4.69) is 6.92 Å². The van der Waals surface area contributed by atoms with Gasteiger partial charge in [-0.1, -0.05) is 62.2 Å². The lowest BCUT2D eigenvalue weighted by Gasteiger charge is -2.29. The smallest absolute Gasteiger partial charge is 0.165 e. The molecule has 1 saturated carbocycles. The Hall–Kier alpha value is -2.75. The lowest BCUT2D eigenvalue weighted by Crippen LogP contribution is -2.15. The number of hydrogen-bond donors (Lipinski definition) is 0. The van der Waals surface area contributed by atoms with Crippen LogP contribution in [0.4, 0.5) is 13.2 Å². The number of benzene rings is 3. The van der Waals surface area contributed by atoms with E-state index >= 15 is 0 Å². The molecule has 4 heteroatoms. The van der Waals surface area contributed by atoms with Crippen molar-refractivity contribution in [2.75, 3.05) is 6.61 Å². The molecule has 1 nitrogen and oxygen atoms in total. The fourth-order valence-electron chi connectivity index (χ4n) is 5.38. The average molecular weight is 481 g/mol. The van der Waals surface area contributed by atoms with Crippen molar-refractivity contribution >= 4 is 0 Å². The summed E-state index contributed by atoms with van der Waals surface area (Å²) in [6.07, 6.45) is 7.59. The average Bonchev–Trinajstić information content (AvgIpc) is 2.87. The Morgan fingerprint density at radius 2 is 1.49 bits per heavy atom. The van der Waals surface area contributed by atoms with Gasteiger partial charge in [-0.15, -0.1) is 0 Å². The predicted molar refractivity (Wildman–Crippen MR) is 136 cm³/mol. The first-order valence-corrected chi connectivity index (χ1v) is 13.0. The van der Waals surface area contributed by atoms with Crippen LogP contribution in [-0.2, 0) is 12.8 Å². The quantitative estimate of drug-likeness (QED) is 0.297. The number of halogens is 3. The van der Waals surface area contributed by atoms with Gasteiger partial charge in [0, 0.05) is 0 Å². The highest BCUT2D eigenvalue weighted by atomic mass is 19.2. The molecule has 0 unspecified atom stereocenters. The van der Waals surface area contributed by atoms with Gasteiger partial charge in [-0.3, -0.25) is 0 Å². The maximum absolute atomic E-state index is 15.0. The van der Waals surface area contributed by atoms with Crippen LogP contribution in [0.3, 0.4) is 0 Å². The van der Waals surface area contributed by atoms with Crippen molar-refractivity contribution in [2.45, 2.75) is 71.1 Å². The molecular formula is C31H35F3O. The zero-order valence-electron chi connectivity index (χ0n) is 20.8. The molecule has 0 radical (unpaired) electrons. The number of aryl methyl sites for hydroxylation is 2. The van der Waals surface area contributed by atoms with Crippen LogP contribution in [-0.4, -0.2) is 6.61 Å². The Morgan fingerprint density at radius 1 is 0.771 bits per heavy atom. The minimum absolute atomic E-state index is 0.131. The van der Waals surface area contributed by atoms with Crippen LogP contribution in [0.1, 0.15) is 75.0 Å². The Bertz CT molecular complexity index is 1110. The summed E-state index contributed by atoms with van der Waals surface area (Å²) in [4.78, 5) is 0. The summed E-state index contributed by atoms with van der Waals surface area (Å²) >= 11 is 0. The van der Waals surface area contributed by atoms with Crippen LogP contribution in [0.25, 0.3) is 11.1 Å². The molecule has 0 heterocycles. The topological polar surface area (TPSA) is 9.23 Å². The molecule has 0 bridgehead atoms. The van der Waals surface area contributed by atoms with Crippen LogP contribution in [0.2, 0.25) is 0 Å². The van der Waals surface area contributed by atoms with Crippen LogP contribution < -0.4 is 4.74 Å². The Morgan fingerprint density at radius 3 is 2.14 bits per heavy atom. The molecule has 0 aromatic heterocycles.